The number of benzene rings is 1. The third-order valence-electron chi connectivity index (χ3n) is 3.10. The van der Waals surface area contributed by atoms with E-state index in [1.165, 1.54) is 6.33 Å². The van der Waals surface area contributed by atoms with Crippen molar-refractivity contribution in [1.29, 1.82) is 0 Å². The highest BCUT2D eigenvalue weighted by Crippen LogP contribution is 2.29. The topological polar surface area (TPSA) is 49.8 Å². The smallest absolute Gasteiger partial charge is 0.134 e. The maximum Gasteiger partial charge on any atom is 0.134 e. The lowest BCUT2D eigenvalue weighted by atomic mass is 10.1. The number of aromatic nitrogens is 2. The summed E-state index contributed by atoms with van der Waals surface area (Å²) in [5.74, 6) is 1.58. The minimum Gasteiger partial charge on any atom is -0.373 e. The van der Waals surface area contributed by atoms with E-state index in [0.29, 0.717) is 10.0 Å². The van der Waals surface area contributed by atoms with E-state index in [2.05, 4.69) is 20.6 Å². The molecule has 0 saturated heterocycles. The van der Waals surface area contributed by atoms with Gasteiger partial charge in [-0.05, 0) is 31.5 Å². The second-order valence-electron chi connectivity index (χ2n) is 4.48. The molecule has 1 heterocycles. The molecular formula is C14H16Cl2N4. The van der Waals surface area contributed by atoms with Gasteiger partial charge in [0.25, 0.3) is 0 Å². The molecule has 1 atom stereocenters. The van der Waals surface area contributed by atoms with Crippen LogP contribution in [-0.2, 0) is 0 Å². The third kappa shape index (κ3) is 3.14. The predicted molar refractivity (Wildman–Crippen MR) is 84.8 cm³/mol. The van der Waals surface area contributed by atoms with Crippen LogP contribution in [0.4, 0.5) is 11.6 Å². The van der Waals surface area contributed by atoms with Gasteiger partial charge in [-0.2, -0.15) is 0 Å². The highest BCUT2D eigenvalue weighted by molar-refractivity contribution is 6.35. The first-order chi connectivity index (χ1) is 9.52. The standard InChI is InChI=1S/C14H16Cl2N4/c1-8-13(17-3)18-7-19-14(8)20-9(2)11-5-4-10(15)6-12(11)16/h4-7,9H,1-3H3,(H2,17,18,19,20). The Morgan fingerprint density at radius 1 is 1.15 bits per heavy atom. The van der Waals surface area contributed by atoms with Crippen LogP contribution in [0.3, 0.4) is 0 Å². The maximum absolute atomic E-state index is 6.22. The number of nitrogens with zero attached hydrogens (tertiary/aromatic N) is 2. The number of hydrogen-bond acceptors (Lipinski definition) is 4. The zero-order chi connectivity index (χ0) is 14.7. The van der Waals surface area contributed by atoms with Crippen molar-refractivity contribution >= 4 is 34.8 Å². The van der Waals surface area contributed by atoms with Gasteiger partial charge in [-0.15, -0.1) is 0 Å². The van der Waals surface area contributed by atoms with Gasteiger partial charge in [-0.1, -0.05) is 29.3 Å². The Labute approximate surface area is 128 Å². The fourth-order valence-corrected chi connectivity index (χ4v) is 2.56. The first-order valence-corrected chi connectivity index (χ1v) is 6.99. The molecule has 0 saturated carbocycles. The SMILES string of the molecule is CNc1ncnc(NC(C)c2ccc(Cl)cc2Cl)c1C. The Kier molecular flexibility index (Phi) is 4.68. The van der Waals surface area contributed by atoms with E-state index in [-0.39, 0.29) is 6.04 Å². The Morgan fingerprint density at radius 3 is 2.50 bits per heavy atom. The minimum atomic E-state index is 0.0121. The van der Waals surface area contributed by atoms with Gasteiger partial charge < -0.3 is 10.6 Å². The quantitative estimate of drug-likeness (QED) is 0.883. The zero-order valence-corrected chi connectivity index (χ0v) is 13.0. The van der Waals surface area contributed by atoms with E-state index in [1.807, 2.05) is 33.0 Å². The largest absolute Gasteiger partial charge is 0.373 e. The molecule has 4 nitrogen and oxygen atoms in total. The molecule has 0 aliphatic heterocycles. The molecule has 6 heteroatoms. The summed E-state index contributed by atoms with van der Waals surface area (Å²) in [6.45, 7) is 3.99. The summed E-state index contributed by atoms with van der Waals surface area (Å²) in [6, 6.07) is 5.49. The van der Waals surface area contributed by atoms with Crippen molar-refractivity contribution in [3.63, 3.8) is 0 Å². The molecule has 0 fully saturated rings. The summed E-state index contributed by atoms with van der Waals surface area (Å²) in [4.78, 5) is 8.43. The first-order valence-electron chi connectivity index (χ1n) is 6.23. The maximum atomic E-state index is 6.22. The van der Waals surface area contributed by atoms with E-state index < -0.39 is 0 Å². The molecule has 0 spiro atoms. The van der Waals surface area contributed by atoms with E-state index >= 15 is 0 Å². The number of anilines is 2. The highest BCUT2D eigenvalue weighted by Gasteiger charge is 2.13. The molecule has 2 aromatic rings. The van der Waals surface area contributed by atoms with E-state index in [9.17, 15) is 0 Å². The fourth-order valence-electron chi connectivity index (χ4n) is 1.98. The van der Waals surface area contributed by atoms with Crippen LogP contribution in [0.1, 0.15) is 24.1 Å². The monoisotopic (exact) mass is 310 g/mol. The van der Waals surface area contributed by atoms with Gasteiger partial charge in [0, 0.05) is 22.7 Å². The van der Waals surface area contributed by atoms with Gasteiger partial charge >= 0.3 is 0 Å². The Hall–Kier alpha value is -1.52. The summed E-state index contributed by atoms with van der Waals surface area (Å²) in [6.07, 6.45) is 1.53. The number of halogens is 2. The lowest BCUT2D eigenvalue weighted by Crippen LogP contribution is -2.11. The van der Waals surface area contributed by atoms with Gasteiger partial charge in [0.2, 0.25) is 0 Å². The molecule has 1 aromatic carbocycles. The van der Waals surface area contributed by atoms with Gasteiger partial charge in [-0.25, -0.2) is 9.97 Å². The number of nitrogens with one attached hydrogen (secondary N) is 2. The van der Waals surface area contributed by atoms with Crippen LogP contribution in [0, 0.1) is 6.92 Å². The zero-order valence-electron chi connectivity index (χ0n) is 11.5. The fraction of sp³-hybridized carbons (Fsp3) is 0.286. The molecule has 0 bridgehead atoms. The average Bonchev–Trinajstić information content (AvgIpc) is 2.41. The summed E-state index contributed by atoms with van der Waals surface area (Å²) >= 11 is 12.1. The molecule has 106 valence electrons. The Balaban J connectivity index is 2.25. The van der Waals surface area contributed by atoms with E-state index in [0.717, 1.165) is 22.8 Å². The Morgan fingerprint density at radius 2 is 1.85 bits per heavy atom. The van der Waals surface area contributed by atoms with Crippen molar-refractivity contribution in [1.82, 2.24) is 9.97 Å². The summed E-state index contributed by atoms with van der Waals surface area (Å²) in [7, 11) is 1.83. The summed E-state index contributed by atoms with van der Waals surface area (Å²) in [5, 5.41) is 7.64. The van der Waals surface area contributed by atoms with Crippen LogP contribution in [0.15, 0.2) is 24.5 Å². The number of hydrogen-bond donors (Lipinski definition) is 2. The lowest BCUT2D eigenvalue weighted by molar-refractivity contribution is 0.868. The summed E-state index contributed by atoms with van der Waals surface area (Å²) < 4.78 is 0. The third-order valence-corrected chi connectivity index (χ3v) is 3.67. The number of rotatable bonds is 4. The lowest BCUT2D eigenvalue weighted by Gasteiger charge is -2.18. The normalized spacial score (nSPS) is 12.1. The summed E-state index contributed by atoms with van der Waals surface area (Å²) in [5.41, 5.74) is 1.94. The van der Waals surface area contributed by atoms with Gasteiger partial charge in [0.15, 0.2) is 0 Å². The average molecular weight is 311 g/mol. The first kappa shape index (κ1) is 14.9. The van der Waals surface area contributed by atoms with E-state index in [1.54, 1.807) is 6.07 Å². The predicted octanol–water partition coefficient (Wildman–Crippen LogP) is 4.31. The van der Waals surface area contributed by atoms with Crippen LogP contribution in [-0.4, -0.2) is 17.0 Å². The highest BCUT2D eigenvalue weighted by atomic mass is 35.5. The van der Waals surface area contributed by atoms with Crippen molar-refractivity contribution in [3.8, 4) is 0 Å². The van der Waals surface area contributed by atoms with Crippen molar-refractivity contribution in [2.75, 3.05) is 17.7 Å². The molecular weight excluding hydrogens is 295 g/mol. The van der Waals surface area contributed by atoms with Crippen molar-refractivity contribution in [2.45, 2.75) is 19.9 Å². The molecule has 1 aromatic heterocycles. The second-order valence-corrected chi connectivity index (χ2v) is 5.32. The van der Waals surface area contributed by atoms with Crippen molar-refractivity contribution in [3.05, 3.63) is 45.7 Å². The van der Waals surface area contributed by atoms with Crippen LogP contribution in [0.25, 0.3) is 0 Å². The van der Waals surface area contributed by atoms with Crippen molar-refractivity contribution < 1.29 is 0 Å². The molecule has 2 rings (SSSR count). The molecule has 20 heavy (non-hydrogen) atoms. The molecule has 1 unspecified atom stereocenters. The molecule has 0 radical (unpaired) electrons. The molecule has 0 amide bonds. The van der Waals surface area contributed by atoms with E-state index in [4.69, 9.17) is 23.2 Å². The molecule has 0 aliphatic rings. The molecule has 0 aliphatic carbocycles. The Bertz CT molecular complexity index is 616. The van der Waals surface area contributed by atoms with Crippen LogP contribution < -0.4 is 10.6 Å². The van der Waals surface area contributed by atoms with Gasteiger partial charge in [-0.3, -0.25) is 0 Å². The minimum absolute atomic E-state index is 0.0121. The van der Waals surface area contributed by atoms with Crippen LogP contribution >= 0.6 is 23.2 Å². The van der Waals surface area contributed by atoms with Gasteiger partial charge in [0.05, 0.1) is 6.04 Å². The second kappa shape index (κ2) is 6.29. The van der Waals surface area contributed by atoms with Crippen LogP contribution in [0.2, 0.25) is 10.0 Å². The van der Waals surface area contributed by atoms with Crippen LogP contribution in [0.5, 0.6) is 0 Å². The van der Waals surface area contributed by atoms with Crippen molar-refractivity contribution in [2.24, 2.45) is 0 Å². The van der Waals surface area contributed by atoms with Gasteiger partial charge in [0.1, 0.15) is 18.0 Å². The molecule has 2 N–H and O–H groups in total.